The molecule has 15 heavy (non-hydrogen) atoms. The van der Waals surface area contributed by atoms with Gasteiger partial charge in [0.15, 0.2) is 5.82 Å². The summed E-state index contributed by atoms with van der Waals surface area (Å²) in [5.74, 6) is 2.24. The largest absolute Gasteiger partial charge is 0.396 e. The zero-order chi connectivity index (χ0) is 11.1. The molecule has 1 heterocycles. The van der Waals surface area contributed by atoms with Crippen LogP contribution in [0.3, 0.4) is 0 Å². The molecule has 86 valence electrons. The van der Waals surface area contributed by atoms with Gasteiger partial charge in [0.1, 0.15) is 0 Å². The molecule has 1 aromatic rings. The van der Waals surface area contributed by atoms with Gasteiger partial charge < -0.3 is 9.63 Å². The first-order chi connectivity index (χ1) is 7.26. The van der Waals surface area contributed by atoms with E-state index in [0.29, 0.717) is 5.25 Å². The molecule has 0 fully saturated rings. The van der Waals surface area contributed by atoms with Crippen molar-refractivity contribution in [3.63, 3.8) is 0 Å². The number of thioether (sulfide) groups is 1. The third-order valence-electron chi connectivity index (χ3n) is 2.01. The average Bonchev–Trinajstić information content (AvgIpc) is 2.64. The fourth-order valence-corrected chi connectivity index (χ4v) is 1.97. The second kappa shape index (κ2) is 6.85. The van der Waals surface area contributed by atoms with Gasteiger partial charge in [0.05, 0.1) is 5.75 Å². The lowest BCUT2D eigenvalue weighted by atomic mass is 10.3. The maximum absolute atomic E-state index is 8.74. The number of aryl methyl sites for hydroxylation is 1. The molecular formula is C10H18N2O2S. The van der Waals surface area contributed by atoms with Crippen LogP contribution in [0.5, 0.6) is 0 Å². The zero-order valence-electron chi connectivity index (χ0n) is 9.27. The molecule has 1 aromatic heterocycles. The molecule has 0 radical (unpaired) electrons. The third kappa shape index (κ3) is 4.66. The maximum atomic E-state index is 8.74. The molecule has 4 nitrogen and oxygen atoms in total. The second-order valence-electron chi connectivity index (χ2n) is 3.49. The Morgan fingerprint density at radius 2 is 2.33 bits per heavy atom. The van der Waals surface area contributed by atoms with Gasteiger partial charge in [-0.15, -0.1) is 0 Å². The van der Waals surface area contributed by atoms with E-state index in [9.17, 15) is 0 Å². The van der Waals surface area contributed by atoms with Crippen molar-refractivity contribution in [2.45, 2.75) is 44.1 Å². The first kappa shape index (κ1) is 12.5. The SMILES string of the molecule is CCCc1nc(CSC(C)CCO)no1. The highest BCUT2D eigenvalue weighted by Gasteiger charge is 2.08. The highest BCUT2D eigenvalue weighted by molar-refractivity contribution is 7.99. The van der Waals surface area contributed by atoms with Crippen LogP contribution in [-0.2, 0) is 12.2 Å². The van der Waals surface area contributed by atoms with Gasteiger partial charge in [-0.3, -0.25) is 0 Å². The summed E-state index contributed by atoms with van der Waals surface area (Å²) >= 11 is 1.74. The first-order valence-electron chi connectivity index (χ1n) is 5.30. The quantitative estimate of drug-likeness (QED) is 0.776. The zero-order valence-corrected chi connectivity index (χ0v) is 10.1. The monoisotopic (exact) mass is 230 g/mol. The number of aliphatic hydroxyl groups excluding tert-OH is 1. The van der Waals surface area contributed by atoms with E-state index in [1.165, 1.54) is 0 Å². The molecule has 1 N–H and O–H groups in total. The fraction of sp³-hybridized carbons (Fsp3) is 0.800. The van der Waals surface area contributed by atoms with Crippen LogP contribution in [0.4, 0.5) is 0 Å². The van der Waals surface area contributed by atoms with Crippen molar-refractivity contribution >= 4 is 11.8 Å². The number of hydrogen-bond donors (Lipinski definition) is 1. The maximum Gasteiger partial charge on any atom is 0.226 e. The molecule has 0 amide bonds. The van der Waals surface area contributed by atoms with E-state index >= 15 is 0 Å². The van der Waals surface area contributed by atoms with E-state index in [-0.39, 0.29) is 6.61 Å². The Balaban J connectivity index is 2.30. The van der Waals surface area contributed by atoms with Crippen LogP contribution >= 0.6 is 11.8 Å². The summed E-state index contributed by atoms with van der Waals surface area (Å²) in [6, 6.07) is 0. The van der Waals surface area contributed by atoms with E-state index in [4.69, 9.17) is 9.63 Å². The van der Waals surface area contributed by atoms with Crippen LogP contribution in [0.1, 0.15) is 38.4 Å². The summed E-state index contributed by atoms with van der Waals surface area (Å²) in [5.41, 5.74) is 0. The van der Waals surface area contributed by atoms with Crippen molar-refractivity contribution in [2.75, 3.05) is 6.61 Å². The van der Waals surface area contributed by atoms with E-state index in [1.54, 1.807) is 11.8 Å². The predicted octanol–water partition coefficient (Wildman–Crippen LogP) is 2.03. The molecule has 0 saturated heterocycles. The van der Waals surface area contributed by atoms with Crippen molar-refractivity contribution in [3.05, 3.63) is 11.7 Å². The van der Waals surface area contributed by atoms with Gasteiger partial charge in [-0.25, -0.2) is 0 Å². The van der Waals surface area contributed by atoms with E-state index < -0.39 is 0 Å². The molecule has 0 bridgehead atoms. The number of hydrogen-bond acceptors (Lipinski definition) is 5. The third-order valence-corrected chi connectivity index (χ3v) is 3.24. The van der Waals surface area contributed by atoms with Gasteiger partial charge in [0.25, 0.3) is 0 Å². The lowest BCUT2D eigenvalue weighted by Crippen LogP contribution is -2.00. The summed E-state index contributed by atoms with van der Waals surface area (Å²) in [6.07, 6.45) is 2.68. The molecule has 0 saturated carbocycles. The lowest BCUT2D eigenvalue weighted by Gasteiger charge is -2.06. The lowest BCUT2D eigenvalue weighted by molar-refractivity contribution is 0.289. The van der Waals surface area contributed by atoms with E-state index in [0.717, 1.165) is 36.7 Å². The summed E-state index contributed by atoms with van der Waals surface area (Å²) in [4.78, 5) is 4.27. The Morgan fingerprint density at radius 1 is 1.53 bits per heavy atom. The molecule has 1 unspecified atom stereocenters. The van der Waals surface area contributed by atoms with Crippen LogP contribution in [0, 0.1) is 0 Å². The topological polar surface area (TPSA) is 59.2 Å². The molecule has 0 aliphatic rings. The predicted molar refractivity (Wildman–Crippen MR) is 60.8 cm³/mol. The number of nitrogens with zero attached hydrogens (tertiary/aromatic N) is 2. The fourth-order valence-electron chi connectivity index (χ4n) is 1.15. The standard InChI is InChI=1S/C10H18N2O2S/c1-3-4-10-11-9(12-14-10)7-15-8(2)5-6-13/h8,13H,3-7H2,1-2H3. The Kier molecular flexibility index (Phi) is 5.71. The molecule has 0 aromatic carbocycles. The summed E-state index contributed by atoms with van der Waals surface area (Å²) < 4.78 is 5.07. The van der Waals surface area contributed by atoms with Crippen LogP contribution in [-0.4, -0.2) is 27.1 Å². The number of aromatic nitrogens is 2. The van der Waals surface area contributed by atoms with Crippen LogP contribution < -0.4 is 0 Å². The van der Waals surface area contributed by atoms with E-state index in [1.807, 2.05) is 0 Å². The summed E-state index contributed by atoms with van der Waals surface area (Å²) in [7, 11) is 0. The second-order valence-corrected chi connectivity index (χ2v) is 4.91. The number of aliphatic hydroxyl groups is 1. The molecule has 0 spiro atoms. The van der Waals surface area contributed by atoms with Crippen LogP contribution in [0.25, 0.3) is 0 Å². The highest BCUT2D eigenvalue weighted by Crippen LogP contribution is 2.18. The summed E-state index contributed by atoms with van der Waals surface area (Å²) in [6.45, 7) is 4.41. The molecule has 1 atom stereocenters. The smallest absolute Gasteiger partial charge is 0.226 e. The highest BCUT2D eigenvalue weighted by atomic mass is 32.2. The average molecular weight is 230 g/mol. The van der Waals surface area contributed by atoms with Gasteiger partial charge in [0, 0.05) is 18.3 Å². The van der Waals surface area contributed by atoms with Gasteiger partial charge in [-0.05, 0) is 12.8 Å². The van der Waals surface area contributed by atoms with E-state index in [2.05, 4.69) is 24.0 Å². The van der Waals surface area contributed by atoms with Gasteiger partial charge in [-0.1, -0.05) is 19.0 Å². The molecule has 0 aliphatic carbocycles. The van der Waals surface area contributed by atoms with Crippen molar-refractivity contribution in [1.82, 2.24) is 10.1 Å². The first-order valence-corrected chi connectivity index (χ1v) is 6.35. The Bertz CT molecular complexity index is 278. The Labute approximate surface area is 94.5 Å². The van der Waals surface area contributed by atoms with Crippen LogP contribution in [0.15, 0.2) is 4.52 Å². The molecule has 0 aliphatic heterocycles. The normalized spacial score (nSPS) is 13.0. The molecular weight excluding hydrogens is 212 g/mol. The van der Waals surface area contributed by atoms with Crippen molar-refractivity contribution in [2.24, 2.45) is 0 Å². The van der Waals surface area contributed by atoms with Crippen molar-refractivity contribution in [1.29, 1.82) is 0 Å². The number of rotatable bonds is 7. The molecule has 1 rings (SSSR count). The minimum Gasteiger partial charge on any atom is -0.396 e. The van der Waals surface area contributed by atoms with Crippen LogP contribution in [0.2, 0.25) is 0 Å². The molecule has 5 heteroatoms. The van der Waals surface area contributed by atoms with Gasteiger partial charge in [-0.2, -0.15) is 16.7 Å². The van der Waals surface area contributed by atoms with Crippen molar-refractivity contribution in [3.8, 4) is 0 Å². The Hall–Kier alpha value is -0.550. The Morgan fingerprint density at radius 3 is 3.00 bits per heavy atom. The minimum absolute atomic E-state index is 0.238. The van der Waals surface area contributed by atoms with Gasteiger partial charge >= 0.3 is 0 Å². The van der Waals surface area contributed by atoms with Crippen molar-refractivity contribution < 1.29 is 9.63 Å². The minimum atomic E-state index is 0.238. The summed E-state index contributed by atoms with van der Waals surface area (Å²) in [5, 5.41) is 13.1. The van der Waals surface area contributed by atoms with Gasteiger partial charge in [0.2, 0.25) is 5.89 Å².